The second-order valence-electron chi connectivity index (χ2n) is 4.47. The molecule has 2 aromatic heterocycles. The number of aromatic nitrogens is 2. The van der Waals surface area contributed by atoms with Crippen molar-refractivity contribution < 1.29 is 0 Å². The third kappa shape index (κ3) is 3.23. The molecule has 100 valence electrons. The highest BCUT2D eigenvalue weighted by Gasteiger charge is 2.11. The normalized spacial score (nSPS) is 10.5. The molecule has 2 heterocycles. The van der Waals surface area contributed by atoms with Crippen LogP contribution in [0.1, 0.15) is 11.3 Å². The van der Waals surface area contributed by atoms with Gasteiger partial charge in [-0.1, -0.05) is 6.07 Å². The fourth-order valence-corrected chi connectivity index (χ4v) is 2.41. The molecule has 2 aromatic rings. The molecule has 0 aliphatic heterocycles. The Morgan fingerprint density at radius 3 is 2.79 bits per heavy atom. The Morgan fingerprint density at radius 2 is 2.11 bits per heavy atom. The molecular formula is C14H17BrN4. The smallest absolute Gasteiger partial charge is 0.143 e. The first-order chi connectivity index (χ1) is 9.09. The summed E-state index contributed by atoms with van der Waals surface area (Å²) in [7, 11) is 2.02. The van der Waals surface area contributed by atoms with Crippen molar-refractivity contribution in [1.29, 1.82) is 0 Å². The molecule has 0 atom stereocenters. The van der Waals surface area contributed by atoms with Crippen molar-refractivity contribution >= 4 is 27.4 Å². The Bertz CT molecular complexity index is 557. The van der Waals surface area contributed by atoms with Crippen LogP contribution in [-0.2, 0) is 6.42 Å². The van der Waals surface area contributed by atoms with Gasteiger partial charge in [0.15, 0.2) is 0 Å². The number of pyridine rings is 2. The third-order valence-corrected chi connectivity index (χ3v) is 4.02. The Balaban J connectivity index is 2.08. The Labute approximate surface area is 121 Å². The van der Waals surface area contributed by atoms with E-state index in [4.69, 9.17) is 5.73 Å². The molecule has 0 radical (unpaired) electrons. The second kappa shape index (κ2) is 6.02. The predicted molar refractivity (Wildman–Crippen MR) is 82.3 cm³/mol. The van der Waals surface area contributed by atoms with Gasteiger partial charge in [0.2, 0.25) is 0 Å². The highest BCUT2D eigenvalue weighted by atomic mass is 79.9. The molecule has 0 aliphatic carbocycles. The zero-order valence-electron chi connectivity index (χ0n) is 11.1. The molecule has 0 unspecified atom stereocenters. The molecule has 0 bridgehead atoms. The molecule has 5 heteroatoms. The minimum Gasteiger partial charge on any atom is -0.397 e. The van der Waals surface area contributed by atoms with Crippen LogP contribution in [0.5, 0.6) is 0 Å². The molecule has 0 amide bonds. The average molecular weight is 321 g/mol. The van der Waals surface area contributed by atoms with Crippen LogP contribution in [0.2, 0.25) is 0 Å². The lowest BCUT2D eigenvalue weighted by atomic mass is 10.2. The summed E-state index contributed by atoms with van der Waals surface area (Å²) in [6, 6.07) is 5.96. The lowest BCUT2D eigenvalue weighted by Crippen LogP contribution is -2.22. The van der Waals surface area contributed by atoms with Crippen LogP contribution >= 0.6 is 15.9 Å². The van der Waals surface area contributed by atoms with Gasteiger partial charge in [-0.2, -0.15) is 0 Å². The van der Waals surface area contributed by atoms with E-state index in [0.717, 1.165) is 34.5 Å². The van der Waals surface area contributed by atoms with Crippen LogP contribution in [0.4, 0.5) is 11.5 Å². The van der Waals surface area contributed by atoms with Crippen molar-refractivity contribution in [3.8, 4) is 0 Å². The zero-order chi connectivity index (χ0) is 13.8. The highest BCUT2D eigenvalue weighted by Crippen LogP contribution is 2.29. The Morgan fingerprint density at radius 1 is 1.32 bits per heavy atom. The average Bonchev–Trinajstić information content (AvgIpc) is 2.43. The number of halogens is 1. The van der Waals surface area contributed by atoms with Crippen molar-refractivity contribution in [2.45, 2.75) is 13.3 Å². The summed E-state index contributed by atoms with van der Waals surface area (Å²) in [5.74, 6) is 0.905. The first kappa shape index (κ1) is 13.8. The van der Waals surface area contributed by atoms with Crippen LogP contribution in [0.25, 0.3) is 0 Å². The van der Waals surface area contributed by atoms with Gasteiger partial charge >= 0.3 is 0 Å². The van der Waals surface area contributed by atoms with Crippen molar-refractivity contribution in [3.05, 3.63) is 46.3 Å². The first-order valence-electron chi connectivity index (χ1n) is 6.11. The Hall–Kier alpha value is -1.62. The molecule has 2 N–H and O–H groups in total. The number of nitrogens with two attached hydrogens (primary N) is 1. The number of nitrogens with zero attached hydrogens (tertiary/aromatic N) is 3. The maximum absolute atomic E-state index is 5.83. The van der Waals surface area contributed by atoms with E-state index >= 15 is 0 Å². The van der Waals surface area contributed by atoms with Crippen LogP contribution < -0.4 is 10.6 Å². The topological polar surface area (TPSA) is 55.0 Å². The maximum atomic E-state index is 5.83. The van der Waals surface area contributed by atoms with Gasteiger partial charge in [0.1, 0.15) is 5.82 Å². The number of nitrogen functional groups attached to an aromatic ring is 1. The minimum absolute atomic E-state index is 0.703. The maximum Gasteiger partial charge on any atom is 0.143 e. The van der Waals surface area contributed by atoms with Gasteiger partial charge < -0.3 is 10.6 Å². The number of rotatable bonds is 4. The van der Waals surface area contributed by atoms with Crippen LogP contribution in [0.3, 0.4) is 0 Å². The molecule has 0 aliphatic rings. The summed E-state index contributed by atoms with van der Waals surface area (Å²) >= 11 is 3.56. The molecular weight excluding hydrogens is 304 g/mol. The van der Waals surface area contributed by atoms with Crippen LogP contribution in [0.15, 0.2) is 35.1 Å². The third-order valence-electron chi connectivity index (χ3n) is 3.08. The molecule has 0 fully saturated rings. The van der Waals surface area contributed by atoms with E-state index in [1.54, 1.807) is 6.20 Å². The Kier molecular flexibility index (Phi) is 4.37. The number of likely N-dealkylation sites (N-methyl/N-ethyl adjacent to an activating group) is 1. The van der Waals surface area contributed by atoms with E-state index in [1.807, 2.05) is 38.4 Å². The SMILES string of the molecule is Cc1c(N)cnc(N(C)CCc2ccccn2)c1Br. The molecule has 4 nitrogen and oxygen atoms in total. The van der Waals surface area contributed by atoms with Crippen LogP contribution in [-0.4, -0.2) is 23.6 Å². The quantitative estimate of drug-likeness (QED) is 0.941. The van der Waals surface area contributed by atoms with Gasteiger partial charge in [-0.05, 0) is 40.5 Å². The van der Waals surface area contributed by atoms with Gasteiger partial charge in [-0.15, -0.1) is 0 Å². The van der Waals surface area contributed by atoms with Crippen molar-refractivity contribution in [3.63, 3.8) is 0 Å². The largest absolute Gasteiger partial charge is 0.397 e. The molecule has 2 rings (SSSR count). The van der Waals surface area contributed by atoms with E-state index in [1.165, 1.54) is 0 Å². The van der Waals surface area contributed by atoms with Gasteiger partial charge in [0, 0.05) is 31.9 Å². The van der Waals surface area contributed by atoms with E-state index in [-0.39, 0.29) is 0 Å². The summed E-state index contributed by atoms with van der Waals surface area (Å²) < 4.78 is 0.955. The summed E-state index contributed by atoms with van der Waals surface area (Å²) in [6.45, 7) is 2.84. The van der Waals surface area contributed by atoms with Crippen LogP contribution in [0, 0.1) is 6.92 Å². The van der Waals surface area contributed by atoms with E-state index in [9.17, 15) is 0 Å². The summed E-state index contributed by atoms with van der Waals surface area (Å²) in [4.78, 5) is 10.8. The predicted octanol–water partition coefficient (Wildman–Crippen LogP) is 2.81. The first-order valence-corrected chi connectivity index (χ1v) is 6.90. The fourth-order valence-electron chi connectivity index (χ4n) is 1.78. The lowest BCUT2D eigenvalue weighted by molar-refractivity contribution is 0.836. The molecule has 0 spiro atoms. The second-order valence-corrected chi connectivity index (χ2v) is 5.26. The summed E-state index contributed by atoms with van der Waals surface area (Å²) in [5, 5.41) is 0. The molecule has 0 saturated carbocycles. The van der Waals surface area contributed by atoms with Gasteiger partial charge in [0.05, 0.1) is 16.4 Å². The standard InChI is InChI=1S/C14H17BrN4/c1-10-12(16)9-18-14(13(10)15)19(2)8-6-11-5-3-4-7-17-11/h3-5,7,9H,6,8,16H2,1-2H3. The number of hydrogen-bond donors (Lipinski definition) is 1. The molecule has 19 heavy (non-hydrogen) atoms. The summed E-state index contributed by atoms with van der Waals surface area (Å²) in [6.07, 6.45) is 4.40. The van der Waals surface area contributed by atoms with E-state index < -0.39 is 0 Å². The van der Waals surface area contributed by atoms with Gasteiger partial charge in [-0.3, -0.25) is 4.98 Å². The minimum atomic E-state index is 0.703. The monoisotopic (exact) mass is 320 g/mol. The van der Waals surface area contributed by atoms with Crippen molar-refractivity contribution in [2.75, 3.05) is 24.2 Å². The number of hydrogen-bond acceptors (Lipinski definition) is 4. The van der Waals surface area contributed by atoms with Crippen molar-refractivity contribution in [1.82, 2.24) is 9.97 Å². The number of anilines is 2. The lowest BCUT2D eigenvalue weighted by Gasteiger charge is -2.20. The molecule has 0 aromatic carbocycles. The van der Waals surface area contributed by atoms with Gasteiger partial charge in [0.25, 0.3) is 0 Å². The van der Waals surface area contributed by atoms with E-state index in [0.29, 0.717) is 5.69 Å². The summed E-state index contributed by atoms with van der Waals surface area (Å²) in [5.41, 5.74) is 8.64. The van der Waals surface area contributed by atoms with Gasteiger partial charge in [-0.25, -0.2) is 4.98 Å². The van der Waals surface area contributed by atoms with Crippen molar-refractivity contribution in [2.24, 2.45) is 0 Å². The highest BCUT2D eigenvalue weighted by molar-refractivity contribution is 9.10. The molecule has 0 saturated heterocycles. The van der Waals surface area contributed by atoms with E-state index in [2.05, 4.69) is 30.8 Å². The zero-order valence-corrected chi connectivity index (χ0v) is 12.7. The fraction of sp³-hybridized carbons (Fsp3) is 0.286.